The largest absolute Gasteiger partial charge is 0.496 e. The molecule has 1 atom stereocenters. The van der Waals surface area contributed by atoms with Crippen LogP contribution in [0.15, 0.2) is 60.7 Å². The van der Waals surface area contributed by atoms with Crippen LogP contribution in [-0.2, 0) is 9.53 Å². The Morgan fingerprint density at radius 1 is 1.03 bits per heavy atom. The van der Waals surface area contributed by atoms with Gasteiger partial charge in [0.05, 0.1) is 12.0 Å². The molecular formula is C21H18N2O6. The molecule has 1 amide bonds. The lowest BCUT2D eigenvalue weighted by Crippen LogP contribution is -2.30. The first-order valence-corrected chi connectivity index (χ1v) is 8.72. The molecule has 148 valence electrons. The summed E-state index contributed by atoms with van der Waals surface area (Å²) in [6.07, 6.45) is -1.18. The highest BCUT2D eigenvalue weighted by atomic mass is 16.6. The van der Waals surface area contributed by atoms with Crippen LogP contribution < -0.4 is 10.1 Å². The third-order valence-corrected chi connectivity index (χ3v) is 4.30. The number of benzene rings is 3. The fourth-order valence-electron chi connectivity index (χ4n) is 2.80. The van der Waals surface area contributed by atoms with Crippen molar-refractivity contribution < 1.29 is 24.0 Å². The minimum absolute atomic E-state index is 0.0219. The lowest BCUT2D eigenvalue weighted by atomic mass is 10.1. The molecule has 0 bridgehead atoms. The van der Waals surface area contributed by atoms with Gasteiger partial charge in [-0.2, -0.15) is 0 Å². The van der Waals surface area contributed by atoms with Gasteiger partial charge >= 0.3 is 5.97 Å². The number of rotatable bonds is 6. The summed E-state index contributed by atoms with van der Waals surface area (Å²) in [6, 6.07) is 16.5. The van der Waals surface area contributed by atoms with Gasteiger partial charge in [0, 0.05) is 6.07 Å². The Bertz CT molecular complexity index is 1100. The lowest BCUT2D eigenvalue weighted by molar-refractivity contribution is -0.383. The van der Waals surface area contributed by atoms with Crippen molar-refractivity contribution in [2.45, 2.75) is 13.0 Å². The van der Waals surface area contributed by atoms with Gasteiger partial charge in [-0.05, 0) is 35.9 Å². The van der Waals surface area contributed by atoms with Crippen LogP contribution >= 0.6 is 0 Å². The fourth-order valence-corrected chi connectivity index (χ4v) is 2.80. The maximum absolute atomic E-state index is 12.6. The predicted octanol–water partition coefficient (Wildman–Crippen LogP) is 3.94. The average molecular weight is 394 g/mol. The van der Waals surface area contributed by atoms with E-state index in [4.69, 9.17) is 9.47 Å². The molecule has 3 rings (SSSR count). The van der Waals surface area contributed by atoms with E-state index in [1.165, 1.54) is 32.2 Å². The van der Waals surface area contributed by atoms with E-state index in [1.807, 2.05) is 24.3 Å². The van der Waals surface area contributed by atoms with Gasteiger partial charge in [0.2, 0.25) is 0 Å². The molecule has 8 heteroatoms. The number of ether oxygens (including phenoxy) is 2. The fraction of sp³-hybridized carbons (Fsp3) is 0.143. The Labute approximate surface area is 166 Å². The van der Waals surface area contributed by atoms with Crippen molar-refractivity contribution in [3.63, 3.8) is 0 Å². The van der Waals surface area contributed by atoms with Gasteiger partial charge in [0.15, 0.2) is 6.10 Å². The number of carbonyl (C=O) groups excluding carboxylic acids is 2. The number of esters is 1. The van der Waals surface area contributed by atoms with E-state index in [-0.39, 0.29) is 16.9 Å². The van der Waals surface area contributed by atoms with Gasteiger partial charge < -0.3 is 14.8 Å². The van der Waals surface area contributed by atoms with E-state index in [9.17, 15) is 19.7 Å². The number of hydrogen-bond acceptors (Lipinski definition) is 6. The van der Waals surface area contributed by atoms with Crippen molar-refractivity contribution in [3.8, 4) is 5.75 Å². The van der Waals surface area contributed by atoms with E-state index >= 15 is 0 Å². The average Bonchev–Trinajstić information content (AvgIpc) is 2.72. The summed E-state index contributed by atoms with van der Waals surface area (Å²) in [7, 11) is 1.44. The summed E-state index contributed by atoms with van der Waals surface area (Å²) in [5.74, 6) is -1.11. The molecule has 0 heterocycles. The van der Waals surface area contributed by atoms with Crippen LogP contribution in [0.4, 0.5) is 11.4 Å². The highest BCUT2D eigenvalue weighted by Gasteiger charge is 2.24. The van der Waals surface area contributed by atoms with Gasteiger partial charge in [-0.25, -0.2) is 4.79 Å². The molecule has 0 spiro atoms. The Morgan fingerprint density at radius 3 is 2.31 bits per heavy atom. The first-order chi connectivity index (χ1) is 13.9. The predicted molar refractivity (Wildman–Crippen MR) is 107 cm³/mol. The van der Waals surface area contributed by atoms with Gasteiger partial charge in [0.1, 0.15) is 17.0 Å². The van der Waals surface area contributed by atoms with E-state index in [1.54, 1.807) is 18.2 Å². The van der Waals surface area contributed by atoms with Crippen molar-refractivity contribution >= 4 is 34.0 Å². The van der Waals surface area contributed by atoms with Crippen LogP contribution in [0.3, 0.4) is 0 Å². The minimum atomic E-state index is -1.18. The standard InChI is InChI=1S/C21H18N2O6/c1-13(20(24)22-17-9-5-6-10-18(17)23(26)27)29-21(25)16-11-14-7-3-4-8-15(14)12-19(16)28-2/h3-13H,1-2H3,(H,22,24)/t13-/m0/s1. The third kappa shape index (κ3) is 4.32. The molecule has 8 nitrogen and oxygen atoms in total. The zero-order chi connectivity index (χ0) is 21.0. The number of nitrogens with one attached hydrogen (secondary N) is 1. The summed E-state index contributed by atoms with van der Waals surface area (Å²) in [5.41, 5.74) is -0.0548. The van der Waals surface area contributed by atoms with Crippen LogP contribution in [0, 0.1) is 10.1 Å². The van der Waals surface area contributed by atoms with Gasteiger partial charge in [0.25, 0.3) is 11.6 Å². The van der Waals surface area contributed by atoms with E-state index in [2.05, 4.69) is 5.32 Å². The number of nitrogens with zero attached hydrogens (tertiary/aromatic N) is 1. The quantitative estimate of drug-likeness (QED) is 0.385. The van der Waals surface area contributed by atoms with Crippen LogP contribution in [0.1, 0.15) is 17.3 Å². The van der Waals surface area contributed by atoms with E-state index in [0.29, 0.717) is 5.75 Å². The molecular weight excluding hydrogens is 376 g/mol. The number of amides is 1. The number of nitro benzene ring substituents is 1. The number of methoxy groups -OCH3 is 1. The molecule has 0 aliphatic carbocycles. The molecule has 3 aromatic rings. The highest BCUT2D eigenvalue weighted by molar-refractivity contribution is 6.01. The smallest absolute Gasteiger partial charge is 0.342 e. The van der Waals surface area contributed by atoms with Crippen molar-refractivity contribution in [2.24, 2.45) is 0 Å². The van der Waals surface area contributed by atoms with Crippen LogP contribution in [-0.4, -0.2) is 30.0 Å². The van der Waals surface area contributed by atoms with E-state index in [0.717, 1.165) is 10.8 Å². The maximum atomic E-state index is 12.6. The van der Waals surface area contributed by atoms with Gasteiger partial charge in [-0.3, -0.25) is 14.9 Å². The number of para-hydroxylation sites is 2. The Morgan fingerprint density at radius 2 is 1.66 bits per heavy atom. The van der Waals surface area contributed by atoms with Crippen LogP contribution in [0.5, 0.6) is 5.75 Å². The first kappa shape index (κ1) is 19.8. The SMILES string of the molecule is COc1cc2ccccc2cc1C(=O)O[C@@H](C)C(=O)Nc1ccccc1[N+](=O)[O-]. The van der Waals surface area contributed by atoms with Gasteiger partial charge in [-0.1, -0.05) is 36.4 Å². The van der Waals surface area contributed by atoms with Crippen molar-refractivity contribution in [2.75, 3.05) is 12.4 Å². The second-order valence-corrected chi connectivity index (χ2v) is 6.21. The second-order valence-electron chi connectivity index (χ2n) is 6.21. The van der Waals surface area contributed by atoms with Crippen LogP contribution in [0.2, 0.25) is 0 Å². The van der Waals surface area contributed by atoms with Gasteiger partial charge in [-0.15, -0.1) is 0 Å². The number of carbonyl (C=O) groups is 2. The van der Waals surface area contributed by atoms with Crippen molar-refractivity contribution in [1.29, 1.82) is 0 Å². The minimum Gasteiger partial charge on any atom is -0.496 e. The Hall–Kier alpha value is -3.94. The molecule has 0 unspecified atom stereocenters. The summed E-state index contributed by atoms with van der Waals surface area (Å²) in [6.45, 7) is 1.38. The van der Waals surface area contributed by atoms with E-state index < -0.39 is 22.9 Å². The third-order valence-electron chi connectivity index (χ3n) is 4.30. The van der Waals surface area contributed by atoms with Crippen molar-refractivity contribution in [3.05, 3.63) is 76.3 Å². The summed E-state index contributed by atoms with van der Waals surface area (Å²) in [4.78, 5) is 35.5. The Balaban J connectivity index is 1.78. The highest BCUT2D eigenvalue weighted by Crippen LogP contribution is 2.27. The summed E-state index contributed by atoms with van der Waals surface area (Å²) in [5, 5.41) is 15.2. The molecule has 0 aliphatic heterocycles. The number of hydrogen-bond donors (Lipinski definition) is 1. The summed E-state index contributed by atoms with van der Waals surface area (Å²) < 4.78 is 10.5. The van der Waals surface area contributed by atoms with Crippen LogP contribution in [0.25, 0.3) is 10.8 Å². The molecule has 0 aromatic heterocycles. The zero-order valence-electron chi connectivity index (χ0n) is 15.7. The molecule has 3 aromatic carbocycles. The number of fused-ring (bicyclic) bond motifs is 1. The molecule has 1 N–H and O–H groups in total. The number of anilines is 1. The molecule has 0 aliphatic rings. The summed E-state index contributed by atoms with van der Waals surface area (Å²) >= 11 is 0. The maximum Gasteiger partial charge on any atom is 0.342 e. The lowest BCUT2D eigenvalue weighted by Gasteiger charge is -2.15. The normalized spacial score (nSPS) is 11.5. The number of nitro groups is 1. The topological polar surface area (TPSA) is 108 Å². The molecule has 0 saturated heterocycles. The molecule has 0 radical (unpaired) electrons. The Kier molecular flexibility index (Phi) is 5.73. The molecule has 29 heavy (non-hydrogen) atoms. The zero-order valence-corrected chi connectivity index (χ0v) is 15.7. The first-order valence-electron chi connectivity index (χ1n) is 8.72. The van der Waals surface area contributed by atoms with Crippen molar-refractivity contribution in [1.82, 2.24) is 0 Å². The molecule has 0 saturated carbocycles. The molecule has 0 fully saturated rings. The monoisotopic (exact) mass is 394 g/mol. The second kappa shape index (κ2) is 8.39.